The van der Waals surface area contributed by atoms with Gasteiger partial charge in [-0.2, -0.15) is 0 Å². The van der Waals surface area contributed by atoms with E-state index < -0.39 is 0 Å². The summed E-state index contributed by atoms with van der Waals surface area (Å²) in [5.74, 6) is 0.746. The molecule has 0 aliphatic rings. The van der Waals surface area contributed by atoms with Crippen molar-refractivity contribution in [2.45, 2.75) is 19.8 Å². The minimum atomic E-state index is 0.0351. The smallest absolute Gasteiger partial charge is 0.169 e. The molecule has 3 nitrogen and oxygen atoms in total. The molecule has 1 aromatic rings. The molecule has 0 aromatic heterocycles. The predicted octanol–water partition coefficient (Wildman–Crippen LogP) is 2.48. The van der Waals surface area contributed by atoms with Gasteiger partial charge in [-0.3, -0.25) is 4.79 Å². The summed E-state index contributed by atoms with van der Waals surface area (Å²) in [6, 6.07) is 5.02. The van der Waals surface area contributed by atoms with Crippen molar-refractivity contribution in [1.29, 1.82) is 0 Å². The number of Topliss-reactive ketones (excluding diaryl/α,β-unsaturated/α-hetero) is 1. The lowest BCUT2D eigenvalue weighted by Crippen LogP contribution is -2.10. The Bertz CT molecular complexity index is 383. The summed E-state index contributed by atoms with van der Waals surface area (Å²) in [5, 5.41) is 9.63. The summed E-state index contributed by atoms with van der Waals surface area (Å²) < 4.78 is 5.37. The second-order valence-electron chi connectivity index (χ2n) is 3.43. The van der Waals surface area contributed by atoms with Crippen LogP contribution in [-0.2, 0) is 11.2 Å². The van der Waals surface area contributed by atoms with E-state index in [0.29, 0.717) is 24.2 Å². The highest BCUT2D eigenvalue weighted by atomic mass is 16.5. The first-order chi connectivity index (χ1) is 7.69. The lowest BCUT2D eigenvalue weighted by atomic mass is 10.1. The van der Waals surface area contributed by atoms with Crippen LogP contribution in [0.4, 0.5) is 0 Å². The zero-order valence-electron chi connectivity index (χ0n) is 9.40. The zero-order chi connectivity index (χ0) is 12.0. The van der Waals surface area contributed by atoms with Gasteiger partial charge in [0.1, 0.15) is 18.1 Å². The van der Waals surface area contributed by atoms with Crippen LogP contribution in [0.5, 0.6) is 11.5 Å². The van der Waals surface area contributed by atoms with E-state index in [2.05, 4.69) is 6.58 Å². The van der Waals surface area contributed by atoms with Crippen LogP contribution >= 0.6 is 0 Å². The molecule has 1 rings (SSSR count). The summed E-state index contributed by atoms with van der Waals surface area (Å²) in [4.78, 5) is 11.1. The summed E-state index contributed by atoms with van der Waals surface area (Å²) in [7, 11) is 0. The van der Waals surface area contributed by atoms with Gasteiger partial charge >= 0.3 is 0 Å². The van der Waals surface area contributed by atoms with E-state index in [0.717, 1.165) is 0 Å². The number of benzene rings is 1. The Kier molecular flexibility index (Phi) is 4.58. The number of carbonyl (C=O) groups is 1. The molecule has 0 atom stereocenters. The van der Waals surface area contributed by atoms with E-state index >= 15 is 0 Å². The predicted molar refractivity (Wildman–Crippen MR) is 62.8 cm³/mol. The molecule has 86 valence electrons. The fraction of sp³-hybridized carbons (Fsp3) is 0.308. The van der Waals surface area contributed by atoms with Crippen LogP contribution in [-0.4, -0.2) is 17.5 Å². The maximum absolute atomic E-state index is 11.1. The quantitative estimate of drug-likeness (QED) is 0.749. The standard InChI is InChI=1S/C13H16O3/c1-3-6-11-12(15)7-5-8-13(11)16-9-10(14)4-2/h3,5,7-8,15H,1,4,6,9H2,2H3. The van der Waals surface area contributed by atoms with Crippen molar-refractivity contribution in [3.8, 4) is 11.5 Å². The molecule has 0 unspecified atom stereocenters. The van der Waals surface area contributed by atoms with Crippen LogP contribution in [0.2, 0.25) is 0 Å². The molecule has 0 heterocycles. The lowest BCUT2D eigenvalue weighted by molar-refractivity contribution is -0.120. The van der Waals surface area contributed by atoms with Gasteiger partial charge in [0.15, 0.2) is 5.78 Å². The van der Waals surface area contributed by atoms with E-state index in [-0.39, 0.29) is 18.1 Å². The number of ether oxygens (including phenoxy) is 1. The molecular weight excluding hydrogens is 204 g/mol. The van der Waals surface area contributed by atoms with Crippen LogP contribution in [0.15, 0.2) is 30.9 Å². The summed E-state index contributed by atoms with van der Waals surface area (Å²) in [5.41, 5.74) is 0.668. The summed E-state index contributed by atoms with van der Waals surface area (Å²) >= 11 is 0. The van der Waals surface area contributed by atoms with Crippen molar-refractivity contribution < 1.29 is 14.6 Å². The fourth-order valence-electron chi connectivity index (χ4n) is 1.30. The normalized spacial score (nSPS) is 9.81. The fourth-order valence-corrected chi connectivity index (χ4v) is 1.30. The first-order valence-electron chi connectivity index (χ1n) is 5.25. The molecule has 1 N–H and O–H groups in total. The van der Waals surface area contributed by atoms with E-state index in [9.17, 15) is 9.90 Å². The average molecular weight is 220 g/mol. The molecule has 0 spiro atoms. The van der Waals surface area contributed by atoms with Crippen molar-refractivity contribution in [3.05, 3.63) is 36.4 Å². The molecule has 0 radical (unpaired) electrons. The Morgan fingerprint density at radius 1 is 1.56 bits per heavy atom. The van der Waals surface area contributed by atoms with Gasteiger partial charge < -0.3 is 9.84 Å². The molecule has 0 fully saturated rings. The van der Waals surface area contributed by atoms with Crippen molar-refractivity contribution in [2.75, 3.05) is 6.61 Å². The van der Waals surface area contributed by atoms with E-state index in [1.165, 1.54) is 0 Å². The van der Waals surface area contributed by atoms with Gasteiger partial charge in [0.25, 0.3) is 0 Å². The number of allylic oxidation sites excluding steroid dienone is 1. The van der Waals surface area contributed by atoms with Gasteiger partial charge in [0.05, 0.1) is 0 Å². The van der Waals surface area contributed by atoms with Crippen molar-refractivity contribution >= 4 is 5.78 Å². The number of ketones is 1. The largest absolute Gasteiger partial charge is 0.508 e. The van der Waals surface area contributed by atoms with Crippen LogP contribution in [0, 0.1) is 0 Å². The molecule has 16 heavy (non-hydrogen) atoms. The highest BCUT2D eigenvalue weighted by Crippen LogP contribution is 2.28. The number of carbonyl (C=O) groups excluding carboxylic acids is 1. The van der Waals surface area contributed by atoms with Gasteiger partial charge in [-0.05, 0) is 18.6 Å². The second-order valence-corrected chi connectivity index (χ2v) is 3.43. The van der Waals surface area contributed by atoms with Gasteiger partial charge in [0.2, 0.25) is 0 Å². The number of rotatable bonds is 6. The molecule has 1 aromatic carbocycles. The Balaban J connectivity index is 2.81. The van der Waals surface area contributed by atoms with Gasteiger partial charge in [-0.25, -0.2) is 0 Å². The molecule has 0 saturated heterocycles. The van der Waals surface area contributed by atoms with Crippen LogP contribution in [0.1, 0.15) is 18.9 Å². The van der Waals surface area contributed by atoms with E-state index in [1.54, 1.807) is 31.2 Å². The van der Waals surface area contributed by atoms with E-state index in [4.69, 9.17) is 4.74 Å². The Hall–Kier alpha value is -1.77. The third-order valence-electron chi connectivity index (χ3n) is 2.24. The Morgan fingerprint density at radius 3 is 2.94 bits per heavy atom. The highest BCUT2D eigenvalue weighted by molar-refractivity contribution is 5.79. The molecular formula is C13H16O3. The molecule has 0 bridgehead atoms. The highest BCUT2D eigenvalue weighted by Gasteiger charge is 2.08. The number of phenols is 1. The Labute approximate surface area is 95.4 Å². The van der Waals surface area contributed by atoms with Crippen molar-refractivity contribution in [2.24, 2.45) is 0 Å². The van der Waals surface area contributed by atoms with E-state index in [1.807, 2.05) is 0 Å². The third kappa shape index (κ3) is 3.12. The maximum Gasteiger partial charge on any atom is 0.169 e. The topological polar surface area (TPSA) is 46.5 Å². The summed E-state index contributed by atoms with van der Waals surface area (Å²) in [6.07, 6.45) is 2.65. The summed E-state index contributed by atoms with van der Waals surface area (Å²) in [6.45, 7) is 5.45. The molecule has 0 aliphatic heterocycles. The first-order valence-corrected chi connectivity index (χ1v) is 5.25. The minimum Gasteiger partial charge on any atom is -0.508 e. The number of aromatic hydroxyl groups is 1. The van der Waals surface area contributed by atoms with Gasteiger partial charge in [0, 0.05) is 12.0 Å². The first kappa shape index (κ1) is 12.3. The zero-order valence-corrected chi connectivity index (χ0v) is 9.40. The van der Waals surface area contributed by atoms with Crippen LogP contribution in [0.3, 0.4) is 0 Å². The number of phenolic OH excluding ortho intramolecular Hbond substituents is 1. The van der Waals surface area contributed by atoms with Crippen LogP contribution in [0.25, 0.3) is 0 Å². The second kappa shape index (κ2) is 5.95. The minimum absolute atomic E-state index is 0.0351. The number of hydrogen-bond donors (Lipinski definition) is 1. The molecule has 3 heteroatoms. The lowest BCUT2D eigenvalue weighted by Gasteiger charge is -2.10. The average Bonchev–Trinajstić information content (AvgIpc) is 2.29. The number of hydrogen-bond acceptors (Lipinski definition) is 3. The third-order valence-corrected chi connectivity index (χ3v) is 2.24. The molecule has 0 aliphatic carbocycles. The molecule has 0 amide bonds. The van der Waals surface area contributed by atoms with Gasteiger partial charge in [-0.1, -0.05) is 19.1 Å². The maximum atomic E-state index is 11.1. The Morgan fingerprint density at radius 2 is 2.31 bits per heavy atom. The SMILES string of the molecule is C=CCc1c(O)cccc1OCC(=O)CC. The van der Waals surface area contributed by atoms with Crippen molar-refractivity contribution in [1.82, 2.24) is 0 Å². The van der Waals surface area contributed by atoms with Crippen molar-refractivity contribution in [3.63, 3.8) is 0 Å². The van der Waals surface area contributed by atoms with Gasteiger partial charge in [-0.15, -0.1) is 6.58 Å². The molecule has 0 saturated carbocycles. The monoisotopic (exact) mass is 220 g/mol. The van der Waals surface area contributed by atoms with Crippen LogP contribution < -0.4 is 4.74 Å².